The molecule has 0 amide bonds. The molecule has 0 saturated carbocycles. The number of ether oxygens (including phenoxy) is 1. The summed E-state index contributed by atoms with van der Waals surface area (Å²) in [6, 6.07) is 10.8. The first kappa shape index (κ1) is 19.5. The molecule has 1 N–H and O–H groups in total. The van der Waals surface area contributed by atoms with E-state index in [4.69, 9.17) is 9.72 Å². The van der Waals surface area contributed by atoms with Crippen LogP contribution in [0.2, 0.25) is 0 Å². The fraction of sp³-hybridized carbons (Fsp3) is 0.318. The van der Waals surface area contributed by atoms with E-state index in [1.54, 1.807) is 18.2 Å². The normalized spacial score (nSPS) is 13.8. The van der Waals surface area contributed by atoms with Gasteiger partial charge in [-0.05, 0) is 56.0 Å². The van der Waals surface area contributed by atoms with Gasteiger partial charge in [-0.25, -0.2) is 13.4 Å². The van der Waals surface area contributed by atoms with Crippen molar-refractivity contribution in [3.05, 3.63) is 59.5 Å². The molecule has 29 heavy (non-hydrogen) atoms. The summed E-state index contributed by atoms with van der Waals surface area (Å²) >= 11 is 0. The van der Waals surface area contributed by atoms with Gasteiger partial charge >= 0.3 is 0 Å². The van der Waals surface area contributed by atoms with Crippen molar-refractivity contribution in [2.75, 3.05) is 11.8 Å². The number of imidazole rings is 1. The minimum Gasteiger partial charge on any atom is -0.495 e. The van der Waals surface area contributed by atoms with Gasteiger partial charge in [-0.1, -0.05) is 18.2 Å². The summed E-state index contributed by atoms with van der Waals surface area (Å²) in [5, 5.41) is 0. The number of aromatic nitrogens is 2. The Labute approximate surface area is 171 Å². The van der Waals surface area contributed by atoms with Crippen LogP contribution in [0.3, 0.4) is 0 Å². The number of para-hydroxylation sites is 1. The van der Waals surface area contributed by atoms with Crippen LogP contribution in [0.25, 0.3) is 11.3 Å². The fourth-order valence-electron chi connectivity index (χ4n) is 3.67. The Hall–Kier alpha value is -2.80. The number of aryl methyl sites for hydroxylation is 4. The van der Waals surface area contributed by atoms with Crippen LogP contribution in [-0.2, 0) is 23.0 Å². The van der Waals surface area contributed by atoms with Crippen molar-refractivity contribution in [3.8, 4) is 17.0 Å². The minimum atomic E-state index is -3.84. The molecule has 1 aliphatic heterocycles. The first-order chi connectivity index (χ1) is 13.9. The maximum absolute atomic E-state index is 13.2. The van der Waals surface area contributed by atoms with Crippen molar-refractivity contribution in [2.24, 2.45) is 0 Å². The van der Waals surface area contributed by atoms with Crippen molar-refractivity contribution in [3.63, 3.8) is 0 Å². The number of sulfonamides is 1. The third-order valence-electron chi connectivity index (χ3n) is 5.43. The molecule has 152 valence electrons. The molecule has 1 aliphatic rings. The minimum absolute atomic E-state index is 0.127. The van der Waals surface area contributed by atoms with E-state index in [9.17, 15) is 8.42 Å². The van der Waals surface area contributed by atoms with Gasteiger partial charge in [0.25, 0.3) is 10.0 Å². The van der Waals surface area contributed by atoms with Crippen LogP contribution in [0.4, 0.5) is 5.69 Å². The molecule has 0 saturated heterocycles. The van der Waals surface area contributed by atoms with Gasteiger partial charge in [-0.15, -0.1) is 0 Å². The second-order valence-electron chi connectivity index (χ2n) is 7.43. The van der Waals surface area contributed by atoms with Crippen LogP contribution in [0.1, 0.15) is 29.8 Å². The molecule has 6 nitrogen and oxygen atoms in total. The number of nitrogens with one attached hydrogen (secondary N) is 1. The lowest BCUT2D eigenvalue weighted by atomic mass is 10.1. The molecule has 0 radical (unpaired) electrons. The van der Waals surface area contributed by atoms with E-state index in [1.807, 2.05) is 38.2 Å². The molecule has 2 aromatic carbocycles. The molecule has 0 spiro atoms. The monoisotopic (exact) mass is 411 g/mol. The van der Waals surface area contributed by atoms with E-state index in [-0.39, 0.29) is 4.90 Å². The number of nitrogens with zero attached hydrogens (tertiary/aromatic N) is 2. The molecule has 0 atom stereocenters. The Morgan fingerprint density at radius 2 is 1.86 bits per heavy atom. The lowest BCUT2D eigenvalue weighted by Crippen LogP contribution is -2.15. The van der Waals surface area contributed by atoms with Crippen molar-refractivity contribution in [1.29, 1.82) is 0 Å². The summed E-state index contributed by atoms with van der Waals surface area (Å²) in [4.78, 5) is 4.87. The second-order valence-corrected chi connectivity index (χ2v) is 9.08. The maximum atomic E-state index is 13.2. The average molecular weight is 412 g/mol. The number of rotatable bonds is 5. The predicted octanol–water partition coefficient (Wildman–Crippen LogP) is 4.31. The summed E-state index contributed by atoms with van der Waals surface area (Å²) < 4.78 is 36.7. The quantitative estimate of drug-likeness (QED) is 0.679. The van der Waals surface area contributed by atoms with Crippen LogP contribution in [-0.4, -0.2) is 25.1 Å². The molecule has 1 aromatic heterocycles. The maximum Gasteiger partial charge on any atom is 0.265 e. The third-order valence-corrected chi connectivity index (χ3v) is 6.81. The Balaban J connectivity index is 1.74. The highest BCUT2D eigenvalue weighted by Gasteiger charge is 2.23. The zero-order valence-corrected chi connectivity index (χ0v) is 17.7. The second kappa shape index (κ2) is 7.55. The van der Waals surface area contributed by atoms with Crippen molar-refractivity contribution in [1.82, 2.24) is 9.55 Å². The number of methoxy groups -OCH3 is 1. The van der Waals surface area contributed by atoms with Crippen LogP contribution in [0, 0.1) is 13.8 Å². The lowest BCUT2D eigenvalue weighted by molar-refractivity contribution is 0.402. The number of hydrogen-bond donors (Lipinski definition) is 1. The van der Waals surface area contributed by atoms with E-state index in [2.05, 4.69) is 9.29 Å². The SMILES string of the molecule is COc1cc(C)c(C)cc1S(=O)(=O)Nc1ccccc1-c1cn2c(n1)CCCC2. The first-order valence-electron chi connectivity index (χ1n) is 9.72. The molecule has 0 unspecified atom stereocenters. The molecule has 0 fully saturated rings. The van der Waals surface area contributed by atoms with Gasteiger partial charge in [0.05, 0.1) is 18.5 Å². The standard InChI is InChI=1S/C22H25N3O3S/c1-15-12-20(28-3)21(13-16(15)2)29(26,27)24-18-9-5-4-8-17(18)19-14-25-11-7-6-10-22(25)23-19/h4-5,8-9,12-14,24H,6-7,10-11H2,1-3H3. The van der Waals surface area contributed by atoms with Crippen LogP contribution in [0.5, 0.6) is 5.75 Å². The smallest absolute Gasteiger partial charge is 0.265 e. The number of anilines is 1. The zero-order chi connectivity index (χ0) is 20.6. The molecule has 0 aliphatic carbocycles. The first-order valence-corrected chi connectivity index (χ1v) is 11.2. The Kier molecular flexibility index (Phi) is 5.08. The molecular weight excluding hydrogens is 386 g/mol. The zero-order valence-electron chi connectivity index (χ0n) is 16.9. The molecular formula is C22H25N3O3S. The highest BCUT2D eigenvalue weighted by Crippen LogP contribution is 2.33. The number of fused-ring (bicyclic) bond motifs is 1. The highest BCUT2D eigenvalue weighted by molar-refractivity contribution is 7.92. The van der Waals surface area contributed by atoms with Gasteiger partial charge in [-0.2, -0.15) is 0 Å². The molecule has 0 bridgehead atoms. The van der Waals surface area contributed by atoms with Crippen LogP contribution < -0.4 is 9.46 Å². The molecule has 4 rings (SSSR count). The van der Waals surface area contributed by atoms with Gasteiger partial charge in [0.2, 0.25) is 0 Å². The van der Waals surface area contributed by atoms with Gasteiger partial charge in [-0.3, -0.25) is 4.72 Å². The summed E-state index contributed by atoms with van der Waals surface area (Å²) in [5.41, 5.74) is 3.92. The van der Waals surface area contributed by atoms with Crippen LogP contribution in [0.15, 0.2) is 47.5 Å². The topological polar surface area (TPSA) is 73.2 Å². The van der Waals surface area contributed by atoms with E-state index in [0.29, 0.717) is 11.4 Å². The molecule has 3 aromatic rings. The fourth-order valence-corrected chi connectivity index (χ4v) is 4.99. The number of benzene rings is 2. The summed E-state index contributed by atoms with van der Waals surface area (Å²) in [6.45, 7) is 4.77. The van der Waals surface area contributed by atoms with Crippen molar-refractivity contribution in [2.45, 2.75) is 44.6 Å². The van der Waals surface area contributed by atoms with E-state index < -0.39 is 10.0 Å². The number of hydrogen-bond acceptors (Lipinski definition) is 4. The Morgan fingerprint density at radius 3 is 2.62 bits per heavy atom. The Morgan fingerprint density at radius 1 is 1.10 bits per heavy atom. The average Bonchev–Trinajstić information content (AvgIpc) is 3.13. The lowest BCUT2D eigenvalue weighted by Gasteiger charge is -2.15. The van der Waals surface area contributed by atoms with Gasteiger partial charge in [0, 0.05) is 24.7 Å². The van der Waals surface area contributed by atoms with E-state index in [0.717, 1.165) is 54.0 Å². The van der Waals surface area contributed by atoms with Crippen molar-refractivity contribution < 1.29 is 13.2 Å². The van der Waals surface area contributed by atoms with Gasteiger partial charge < -0.3 is 9.30 Å². The molecule has 2 heterocycles. The third kappa shape index (κ3) is 3.74. The van der Waals surface area contributed by atoms with E-state index >= 15 is 0 Å². The summed E-state index contributed by atoms with van der Waals surface area (Å²) in [5.74, 6) is 1.38. The summed E-state index contributed by atoms with van der Waals surface area (Å²) in [7, 11) is -2.36. The predicted molar refractivity (Wildman–Crippen MR) is 114 cm³/mol. The summed E-state index contributed by atoms with van der Waals surface area (Å²) in [6.07, 6.45) is 5.24. The van der Waals surface area contributed by atoms with Gasteiger partial charge in [0.15, 0.2) is 0 Å². The van der Waals surface area contributed by atoms with E-state index in [1.165, 1.54) is 7.11 Å². The Bertz CT molecular complexity index is 1140. The largest absolute Gasteiger partial charge is 0.495 e. The molecule has 7 heteroatoms. The van der Waals surface area contributed by atoms with Crippen LogP contribution >= 0.6 is 0 Å². The highest BCUT2D eigenvalue weighted by atomic mass is 32.2. The van der Waals surface area contributed by atoms with Crippen molar-refractivity contribution >= 4 is 15.7 Å². The van der Waals surface area contributed by atoms with Gasteiger partial charge in [0.1, 0.15) is 16.5 Å².